The SMILES string of the molecule is CCCCCC[C@H]1OC[C@@H](C)NC(=O)[C@H](CNC(=O)C2CC3(CNC3)C2)NC(=O)[C@H](CN)NC(=O)[C@H](C2CCCCC2)NC(=O)[C@H](CC(C)C)N(C)C(=O)[C@@H]1C. The predicted octanol–water partition coefficient (Wildman–Crippen LogP) is 1.48. The Morgan fingerprint density at radius 3 is 2.16 bits per heavy atom. The first-order valence-corrected chi connectivity index (χ1v) is 21.5. The average molecular weight is 789 g/mol. The van der Waals surface area contributed by atoms with Crippen molar-refractivity contribution in [1.82, 2.24) is 36.8 Å². The van der Waals surface area contributed by atoms with Gasteiger partial charge in [0.2, 0.25) is 35.4 Å². The number of nitrogens with two attached hydrogens (primary N) is 1. The Bertz CT molecular complexity index is 1340. The lowest BCUT2D eigenvalue weighted by atomic mass is 9.58. The summed E-state index contributed by atoms with van der Waals surface area (Å²) in [4.78, 5) is 84.9. The number of likely N-dealkylation sites (N-methyl/N-ethyl adjacent to an activating group) is 1. The summed E-state index contributed by atoms with van der Waals surface area (Å²) in [5.74, 6) is -3.46. The first-order chi connectivity index (χ1) is 26.7. The number of nitrogens with one attached hydrogen (secondary N) is 6. The van der Waals surface area contributed by atoms with E-state index in [-0.39, 0.29) is 54.7 Å². The number of unbranched alkanes of at least 4 members (excludes halogenated alkanes) is 3. The molecule has 56 heavy (non-hydrogen) atoms. The standard InChI is InChI=1S/C41H72N8O7/c1-7-8-9-13-16-33-27(5)40(55)49(6)32(17-25(2)3)38(53)48-34(28-14-11-10-12-15-28)39(54)46-30(20-42)36(51)47-31(37(52)45-26(4)22-56-33)21-44-35(50)29-18-41(19-29)23-43-24-41/h25-34,43H,7-24,42H2,1-6H3,(H,44,50)(H,45,52)(H,46,54)(H,47,51)(H,48,53)/t26-,27-,30+,31+,32+,33-,34+/m1/s1. The van der Waals surface area contributed by atoms with E-state index in [0.29, 0.717) is 25.7 Å². The normalized spacial score (nSPS) is 30.5. The van der Waals surface area contributed by atoms with Gasteiger partial charge in [-0.05, 0) is 62.7 Å². The molecule has 15 heteroatoms. The first-order valence-electron chi connectivity index (χ1n) is 21.5. The zero-order chi connectivity index (χ0) is 41.0. The fraction of sp³-hybridized carbons (Fsp3) is 0.854. The van der Waals surface area contributed by atoms with Crippen molar-refractivity contribution in [3.05, 3.63) is 0 Å². The number of rotatable bonds is 12. The van der Waals surface area contributed by atoms with Crippen molar-refractivity contribution in [3.8, 4) is 0 Å². The van der Waals surface area contributed by atoms with E-state index >= 15 is 0 Å². The molecule has 2 aliphatic carbocycles. The van der Waals surface area contributed by atoms with Crippen LogP contribution in [0.15, 0.2) is 0 Å². The van der Waals surface area contributed by atoms with E-state index in [2.05, 4.69) is 38.8 Å². The molecule has 7 atom stereocenters. The molecule has 2 heterocycles. The minimum absolute atomic E-state index is 0.0684. The molecule has 0 unspecified atom stereocenters. The number of hydrogen-bond acceptors (Lipinski definition) is 9. The van der Waals surface area contributed by atoms with Crippen LogP contribution in [0.1, 0.15) is 118 Å². The highest BCUT2D eigenvalue weighted by molar-refractivity contribution is 5.96. The lowest BCUT2D eigenvalue weighted by molar-refractivity contribution is -0.147. The Balaban J connectivity index is 1.63. The molecule has 4 fully saturated rings. The van der Waals surface area contributed by atoms with Gasteiger partial charge in [0.15, 0.2) is 0 Å². The van der Waals surface area contributed by atoms with Crippen molar-refractivity contribution in [2.45, 2.75) is 154 Å². The summed E-state index contributed by atoms with van der Waals surface area (Å²) in [6.07, 6.45) is 10.3. The van der Waals surface area contributed by atoms with E-state index in [9.17, 15) is 28.8 Å². The summed E-state index contributed by atoms with van der Waals surface area (Å²) in [5.41, 5.74) is 6.25. The third-order valence-corrected chi connectivity index (χ3v) is 12.5. The van der Waals surface area contributed by atoms with Gasteiger partial charge in [-0.3, -0.25) is 28.8 Å². The summed E-state index contributed by atoms with van der Waals surface area (Å²) in [6, 6.07) is -4.72. The smallest absolute Gasteiger partial charge is 0.244 e. The molecule has 0 bridgehead atoms. The van der Waals surface area contributed by atoms with Crippen LogP contribution >= 0.6 is 0 Å². The zero-order valence-corrected chi connectivity index (χ0v) is 34.9. The molecule has 0 aromatic rings. The van der Waals surface area contributed by atoms with E-state index in [1.54, 1.807) is 14.0 Å². The van der Waals surface area contributed by atoms with Gasteiger partial charge in [-0.2, -0.15) is 0 Å². The van der Waals surface area contributed by atoms with Gasteiger partial charge in [0.05, 0.1) is 18.6 Å². The van der Waals surface area contributed by atoms with Gasteiger partial charge < -0.3 is 47.3 Å². The summed E-state index contributed by atoms with van der Waals surface area (Å²) in [6.45, 7) is 11.2. The Morgan fingerprint density at radius 1 is 0.893 bits per heavy atom. The van der Waals surface area contributed by atoms with Crippen LogP contribution < -0.4 is 37.6 Å². The molecule has 0 radical (unpaired) electrons. The monoisotopic (exact) mass is 789 g/mol. The minimum atomic E-state index is -1.22. The average Bonchev–Trinajstić information content (AvgIpc) is 3.13. The molecule has 8 N–H and O–H groups in total. The van der Waals surface area contributed by atoms with E-state index in [0.717, 1.165) is 70.9 Å². The summed E-state index contributed by atoms with van der Waals surface area (Å²) in [5, 5.41) is 17.6. The van der Waals surface area contributed by atoms with Crippen molar-refractivity contribution >= 4 is 35.4 Å². The number of carbonyl (C=O) groups excluding carboxylic acids is 6. The lowest BCUT2D eigenvalue weighted by Gasteiger charge is -2.53. The number of amides is 6. The van der Waals surface area contributed by atoms with Gasteiger partial charge in [0.25, 0.3) is 0 Å². The molecule has 0 aromatic heterocycles. The van der Waals surface area contributed by atoms with Crippen molar-refractivity contribution in [2.75, 3.05) is 39.8 Å². The highest BCUT2D eigenvalue weighted by Crippen LogP contribution is 2.48. The van der Waals surface area contributed by atoms with Gasteiger partial charge in [-0.25, -0.2) is 0 Å². The molecule has 318 valence electrons. The maximum Gasteiger partial charge on any atom is 0.244 e. The third kappa shape index (κ3) is 12.3. The fourth-order valence-corrected chi connectivity index (χ4v) is 8.80. The minimum Gasteiger partial charge on any atom is -0.375 e. The highest BCUT2D eigenvalue weighted by atomic mass is 16.5. The van der Waals surface area contributed by atoms with Crippen LogP contribution in [0.3, 0.4) is 0 Å². The van der Waals surface area contributed by atoms with Gasteiger partial charge in [-0.15, -0.1) is 0 Å². The van der Waals surface area contributed by atoms with Crippen molar-refractivity contribution in [2.24, 2.45) is 34.8 Å². The second kappa shape index (κ2) is 21.5. The van der Waals surface area contributed by atoms with Crippen LogP contribution in [0, 0.1) is 29.1 Å². The van der Waals surface area contributed by atoms with Crippen molar-refractivity contribution < 1.29 is 33.5 Å². The number of hydrogen-bond donors (Lipinski definition) is 7. The molecular formula is C41H72N8O7. The maximum absolute atomic E-state index is 14.3. The summed E-state index contributed by atoms with van der Waals surface area (Å²) >= 11 is 0. The lowest BCUT2D eigenvalue weighted by Crippen LogP contribution is -2.64. The molecule has 1 spiro atoms. The molecule has 15 nitrogen and oxygen atoms in total. The van der Waals surface area contributed by atoms with Crippen LogP contribution in [-0.2, 0) is 33.5 Å². The van der Waals surface area contributed by atoms with E-state index in [1.165, 1.54) is 4.90 Å². The van der Waals surface area contributed by atoms with Gasteiger partial charge in [-0.1, -0.05) is 72.6 Å². The maximum atomic E-state index is 14.3. The molecular weight excluding hydrogens is 716 g/mol. The number of nitrogens with zero attached hydrogens (tertiary/aromatic N) is 1. The second-order valence-electron chi connectivity index (χ2n) is 17.7. The van der Waals surface area contributed by atoms with Crippen LogP contribution in [0.5, 0.6) is 0 Å². The molecule has 4 rings (SSSR count). The second-order valence-corrected chi connectivity index (χ2v) is 17.7. The van der Waals surface area contributed by atoms with E-state index in [1.807, 2.05) is 20.8 Å². The van der Waals surface area contributed by atoms with Crippen LogP contribution in [0.4, 0.5) is 0 Å². The zero-order valence-electron chi connectivity index (χ0n) is 34.9. The topological polar surface area (TPSA) is 213 Å². The van der Waals surface area contributed by atoms with Gasteiger partial charge >= 0.3 is 0 Å². The Labute approximate surface area is 334 Å². The molecule has 2 saturated heterocycles. The van der Waals surface area contributed by atoms with E-state index in [4.69, 9.17) is 10.5 Å². The molecule has 2 aliphatic heterocycles. The predicted molar refractivity (Wildman–Crippen MR) is 214 cm³/mol. The van der Waals surface area contributed by atoms with Crippen molar-refractivity contribution in [3.63, 3.8) is 0 Å². The van der Waals surface area contributed by atoms with E-state index < -0.39 is 65.9 Å². The number of ether oxygens (including phenoxy) is 1. The quantitative estimate of drug-likeness (QED) is 0.143. The Morgan fingerprint density at radius 2 is 1.55 bits per heavy atom. The summed E-state index contributed by atoms with van der Waals surface area (Å²) < 4.78 is 6.42. The molecule has 0 aromatic carbocycles. The largest absolute Gasteiger partial charge is 0.375 e. The van der Waals surface area contributed by atoms with Crippen molar-refractivity contribution in [1.29, 1.82) is 0 Å². The highest BCUT2D eigenvalue weighted by Gasteiger charge is 2.51. The van der Waals surface area contributed by atoms with Crippen LogP contribution in [0.2, 0.25) is 0 Å². The Hall–Kier alpha value is -3.30. The fourth-order valence-electron chi connectivity index (χ4n) is 8.80. The summed E-state index contributed by atoms with van der Waals surface area (Å²) in [7, 11) is 1.64. The number of carbonyl (C=O) groups is 6. The Kier molecular flexibility index (Phi) is 17.4. The first kappa shape index (κ1) is 45.4. The van der Waals surface area contributed by atoms with Gasteiger partial charge in [0.1, 0.15) is 24.2 Å². The third-order valence-electron chi connectivity index (χ3n) is 12.5. The molecule has 2 saturated carbocycles. The molecule has 6 amide bonds. The van der Waals surface area contributed by atoms with Crippen LogP contribution in [0.25, 0.3) is 0 Å². The molecule has 4 aliphatic rings. The van der Waals surface area contributed by atoms with Gasteiger partial charge in [0, 0.05) is 45.2 Å². The van der Waals surface area contributed by atoms with Crippen LogP contribution in [-0.4, -0.2) is 116 Å².